The first kappa shape index (κ1) is 13.8. The van der Waals surface area contributed by atoms with Crippen LogP contribution in [0.2, 0.25) is 0 Å². The third-order valence-corrected chi connectivity index (χ3v) is 4.11. The molecule has 1 saturated heterocycles. The second-order valence-electron chi connectivity index (χ2n) is 4.31. The zero-order chi connectivity index (χ0) is 13.9. The molecule has 6 nitrogen and oxygen atoms in total. The van der Waals surface area contributed by atoms with Crippen LogP contribution in [0.15, 0.2) is 23.1 Å². The zero-order valence-corrected chi connectivity index (χ0v) is 11.4. The number of rotatable bonds is 4. The molecule has 19 heavy (non-hydrogen) atoms. The van der Waals surface area contributed by atoms with Gasteiger partial charge in [0.05, 0.1) is 23.8 Å². The fraction of sp³-hybridized carbons (Fsp3) is 0.417. The summed E-state index contributed by atoms with van der Waals surface area (Å²) in [5, 5.41) is 2.44. The Balaban J connectivity index is 2.38. The van der Waals surface area contributed by atoms with Crippen LogP contribution >= 0.6 is 0 Å². The molecule has 1 N–H and O–H groups in total. The molecular formula is C12H16N2O4S. The van der Waals surface area contributed by atoms with Crippen molar-refractivity contribution in [2.24, 2.45) is 0 Å². The maximum absolute atomic E-state index is 11.6. The van der Waals surface area contributed by atoms with Gasteiger partial charge in [-0.15, -0.1) is 0 Å². The second kappa shape index (κ2) is 5.58. The van der Waals surface area contributed by atoms with E-state index in [2.05, 4.69) is 10.2 Å². The Kier molecular flexibility index (Phi) is 4.06. The van der Waals surface area contributed by atoms with Gasteiger partial charge in [0, 0.05) is 25.0 Å². The number of amides is 1. The van der Waals surface area contributed by atoms with Gasteiger partial charge in [-0.25, -0.2) is 8.42 Å². The highest BCUT2D eigenvalue weighted by Crippen LogP contribution is 2.27. The number of nitrogens with one attached hydrogen (secondary N) is 1. The average molecular weight is 284 g/mol. The van der Waals surface area contributed by atoms with Gasteiger partial charge in [0.25, 0.3) is 0 Å². The van der Waals surface area contributed by atoms with Gasteiger partial charge >= 0.3 is 0 Å². The van der Waals surface area contributed by atoms with E-state index in [1.54, 1.807) is 12.1 Å². The van der Waals surface area contributed by atoms with Gasteiger partial charge in [-0.2, -0.15) is 0 Å². The van der Waals surface area contributed by atoms with Crippen molar-refractivity contribution in [2.45, 2.75) is 4.90 Å². The summed E-state index contributed by atoms with van der Waals surface area (Å²) in [6.45, 7) is 2.78. The van der Waals surface area contributed by atoms with Crippen LogP contribution < -0.4 is 10.2 Å². The lowest BCUT2D eigenvalue weighted by atomic mass is 10.2. The number of sulfone groups is 1. The summed E-state index contributed by atoms with van der Waals surface area (Å²) < 4.78 is 28.5. The number of benzene rings is 1. The summed E-state index contributed by atoms with van der Waals surface area (Å²) in [4.78, 5) is 12.8. The largest absolute Gasteiger partial charge is 0.378 e. The van der Waals surface area contributed by atoms with Gasteiger partial charge in [-0.1, -0.05) is 0 Å². The third kappa shape index (κ3) is 3.24. The van der Waals surface area contributed by atoms with E-state index in [-0.39, 0.29) is 4.90 Å². The SMILES string of the molecule is CS(=O)(=O)c1ccc(N2CCOCC2)cc1NC=O. The number of hydrogen-bond acceptors (Lipinski definition) is 5. The maximum atomic E-state index is 11.6. The number of anilines is 2. The van der Waals surface area contributed by atoms with Crippen LogP contribution in [0, 0.1) is 0 Å². The van der Waals surface area contributed by atoms with Gasteiger partial charge in [0.2, 0.25) is 6.41 Å². The molecule has 1 amide bonds. The summed E-state index contributed by atoms with van der Waals surface area (Å²) in [6, 6.07) is 4.94. The minimum atomic E-state index is -3.37. The highest BCUT2D eigenvalue weighted by Gasteiger charge is 2.17. The molecule has 0 aromatic heterocycles. The fourth-order valence-electron chi connectivity index (χ4n) is 2.04. The number of hydrogen-bond donors (Lipinski definition) is 1. The van der Waals surface area contributed by atoms with Crippen molar-refractivity contribution in [3.63, 3.8) is 0 Å². The van der Waals surface area contributed by atoms with Crippen molar-refractivity contribution < 1.29 is 17.9 Å². The van der Waals surface area contributed by atoms with Gasteiger partial charge in [-0.3, -0.25) is 4.79 Å². The van der Waals surface area contributed by atoms with Crippen LogP contribution in [-0.2, 0) is 19.4 Å². The van der Waals surface area contributed by atoms with E-state index in [1.807, 2.05) is 0 Å². The first-order valence-corrected chi connectivity index (χ1v) is 7.78. The van der Waals surface area contributed by atoms with Gasteiger partial charge < -0.3 is 15.0 Å². The van der Waals surface area contributed by atoms with Crippen LogP contribution in [0.4, 0.5) is 11.4 Å². The van der Waals surface area contributed by atoms with Crippen LogP contribution in [-0.4, -0.2) is 47.4 Å². The normalized spacial score (nSPS) is 16.2. The molecule has 1 aromatic carbocycles. The van der Waals surface area contributed by atoms with E-state index in [0.717, 1.165) is 25.0 Å². The van der Waals surface area contributed by atoms with Gasteiger partial charge in [0.1, 0.15) is 0 Å². The van der Waals surface area contributed by atoms with Crippen LogP contribution in [0.5, 0.6) is 0 Å². The molecule has 1 aromatic rings. The van der Waals surface area contributed by atoms with Crippen LogP contribution in [0.1, 0.15) is 0 Å². The van der Waals surface area contributed by atoms with Crippen LogP contribution in [0.25, 0.3) is 0 Å². The highest BCUT2D eigenvalue weighted by molar-refractivity contribution is 7.90. The molecule has 0 saturated carbocycles. The van der Waals surface area contributed by atoms with E-state index in [9.17, 15) is 13.2 Å². The molecule has 0 bridgehead atoms. The van der Waals surface area contributed by atoms with E-state index >= 15 is 0 Å². The molecule has 0 unspecified atom stereocenters. The fourth-order valence-corrected chi connectivity index (χ4v) is 2.87. The second-order valence-corrected chi connectivity index (χ2v) is 6.30. The Morgan fingerprint density at radius 1 is 1.32 bits per heavy atom. The van der Waals surface area contributed by atoms with E-state index in [0.29, 0.717) is 25.3 Å². The summed E-state index contributed by atoms with van der Waals surface area (Å²) in [5.74, 6) is 0. The topological polar surface area (TPSA) is 75.7 Å². The molecule has 1 fully saturated rings. The number of carbonyl (C=O) groups excluding carboxylic acids is 1. The molecular weight excluding hydrogens is 268 g/mol. The molecule has 1 heterocycles. The molecule has 104 valence electrons. The Bertz CT molecular complexity index is 565. The van der Waals surface area contributed by atoms with Gasteiger partial charge in [-0.05, 0) is 18.2 Å². The van der Waals surface area contributed by atoms with Crippen molar-refractivity contribution in [3.05, 3.63) is 18.2 Å². The highest BCUT2D eigenvalue weighted by atomic mass is 32.2. The lowest BCUT2D eigenvalue weighted by Crippen LogP contribution is -2.36. The molecule has 1 aliphatic heterocycles. The summed E-state index contributed by atoms with van der Waals surface area (Å²) in [5.41, 5.74) is 1.18. The Labute approximate surface area is 112 Å². The summed E-state index contributed by atoms with van der Waals surface area (Å²) >= 11 is 0. The zero-order valence-electron chi connectivity index (χ0n) is 10.6. The molecule has 0 radical (unpaired) electrons. The summed E-state index contributed by atoms with van der Waals surface area (Å²) in [6.07, 6.45) is 1.60. The Hall–Kier alpha value is -1.60. The minimum Gasteiger partial charge on any atom is -0.378 e. The number of nitrogens with zero attached hydrogens (tertiary/aromatic N) is 1. The molecule has 2 rings (SSSR count). The Morgan fingerprint density at radius 2 is 2.00 bits per heavy atom. The lowest BCUT2D eigenvalue weighted by molar-refractivity contribution is -0.105. The van der Waals surface area contributed by atoms with Crippen molar-refractivity contribution in [3.8, 4) is 0 Å². The Morgan fingerprint density at radius 3 is 2.58 bits per heavy atom. The number of morpholine rings is 1. The molecule has 0 aliphatic carbocycles. The van der Waals surface area contributed by atoms with Crippen molar-refractivity contribution in [1.82, 2.24) is 0 Å². The van der Waals surface area contributed by atoms with Crippen molar-refractivity contribution >= 4 is 27.6 Å². The molecule has 0 spiro atoms. The van der Waals surface area contributed by atoms with E-state index in [4.69, 9.17) is 4.74 Å². The smallest absolute Gasteiger partial charge is 0.211 e. The third-order valence-electron chi connectivity index (χ3n) is 2.95. The number of ether oxygens (including phenoxy) is 1. The molecule has 1 aliphatic rings. The summed E-state index contributed by atoms with van der Waals surface area (Å²) in [7, 11) is -3.37. The predicted molar refractivity (Wildman–Crippen MR) is 72.3 cm³/mol. The van der Waals surface area contributed by atoms with Crippen molar-refractivity contribution in [2.75, 3.05) is 42.8 Å². The predicted octanol–water partition coefficient (Wildman–Crippen LogP) is 0.495. The lowest BCUT2D eigenvalue weighted by Gasteiger charge is -2.29. The molecule has 7 heteroatoms. The first-order chi connectivity index (χ1) is 9.02. The van der Waals surface area contributed by atoms with Gasteiger partial charge in [0.15, 0.2) is 9.84 Å². The standard InChI is InChI=1S/C12H16N2O4S/c1-19(16,17)12-3-2-10(8-11(12)13-9-15)14-4-6-18-7-5-14/h2-3,8-9H,4-7H2,1H3,(H,13,15). The number of carbonyl (C=O) groups is 1. The molecule has 0 atom stereocenters. The van der Waals surface area contributed by atoms with Crippen LogP contribution in [0.3, 0.4) is 0 Å². The minimum absolute atomic E-state index is 0.122. The van der Waals surface area contributed by atoms with Crippen molar-refractivity contribution in [1.29, 1.82) is 0 Å². The average Bonchev–Trinajstić information content (AvgIpc) is 2.39. The van der Waals surface area contributed by atoms with E-state index < -0.39 is 9.84 Å². The van der Waals surface area contributed by atoms with E-state index in [1.165, 1.54) is 6.07 Å². The monoisotopic (exact) mass is 284 g/mol. The quantitative estimate of drug-likeness (QED) is 0.815. The first-order valence-electron chi connectivity index (χ1n) is 5.89. The maximum Gasteiger partial charge on any atom is 0.211 e.